The smallest absolute Gasteiger partial charge is 0.238 e. The van der Waals surface area contributed by atoms with E-state index in [9.17, 15) is 0 Å². The number of oxazole rings is 1. The molecule has 0 saturated carbocycles. The van der Waals surface area contributed by atoms with E-state index in [2.05, 4.69) is 17.2 Å². The zero-order valence-electron chi connectivity index (χ0n) is 8.29. The summed E-state index contributed by atoms with van der Waals surface area (Å²) < 4.78 is 5.36. The third kappa shape index (κ3) is 2.40. The van der Waals surface area contributed by atoms with E-state index in [0.29, 0.717) is 10.9 Å². The van der Waals surface area contributed by atoms with Gasteiger partial charge in [0.25, 0.3) is 0 Å². The maximum Gasteiger partial charge on any atom is 0.238 e. The lowest BCUT2D eigenvalue weighted by molar-refractivity contribution is 0.572. The highest BCUT2D eigenvalue weighted by atomic mass is 35.5. The fraction of sp³-hybridized carbons (Fsp3) is 0.300. The fourth-order valence-corrected chi connectivity index (χ4v) is 2.26. The van der Waals surface area contributed by atoms with E-state index >= 15 is 0 Å². The van der Waals surface area contributed by atoms with E-state index < -0.39 is 0 Å². The molecule has 0 aliphatic carbocycles. The molecule has 2 rings (SSSR count). The van der Waals surface area contributed by atoms with Gasteiger partial charge in [0.2, 0.25) is 5.89 Å². The molecule has 0 amide bonds. The lowest BCUT2D eigenvalue weighted by Crippen LogP contribution is -2.11. The molecular weight excluding hydrogens is 232 g/mol. The number of halogens is 1. The quantitative estimate of drug-likeness (QED) is 0.895. The summed E-state index contributed by atoms with van der Waals surface area (Å²) in [5.74, 6) is 0.600. The van der Waals surface area contributed by atoms with Crippen molar-refractivity contribution < 1.29 is 4.42 Å². The van der Waals surface area contributed by atoms with Crippen LogP contribution in [0.2, 0.25) is 5.02 Å². The minimum absolute atomic E-state index is 0.600. The molecule has 5 heteroatoms. The number of hydrogen-bond acceptors (Lipinski definition) is 4. The van der Waals surface area contributed by atoms with Gasteiger partial charge >= 0.3 is 0 Å². The average Bonchev–Trinajstić information content (AvgIpc) is 2.83. The average molecular weight is 243 g/mol. The maximum absolute atomic E-state index is 5.98. The molecular formula is C10H11ClN2OS. The Balaban J connectivity index is 2.17. The van der Waals surface area contributed by atoms with E-state index in [1.165, 1.54) is 11.3 Å². The second kappa shape index (κ2) is 4.79. The van der Waals surface area contributed by atoms with Crippen LogP contribution in [0.25, 0.3) is 10.8 Å². The van der Waals surface area contributed by atoms with Gasteiger partial charge in [-0.1, -0.05) is 18.5 Å². The van der Waals surface area contributed by atoms with Gasteiger partial charge < -0.3 is 9.73 Å². The molecule has 0 fully saturated rings. The van der Waals surface area contributed by atoms with Crippen LogP contribution in [0.1, 0.15) is 12.6 Å². The third-order valence-electron chi connectivity index (χ3n) is 1.92. The highest BCUT2D eigenvalue weighted by Gasteiger charge is 2.11. The second-order valence-electron chi connectivity index (χ2n) is 3.02. The highest BCUT2D eigenvalue weighted by Crippen LogP contribution is 2.32. The molecule has 2 aromatic heterocycles. The van der Waals surface area contributed by atoms with Gasteiger partial charge in [0.1, 0.15) is 11.1 Å². The molecule has 15 heavy (non-hydrogen) atoms. The normalized spacial score (nSPS) is 10.8. The number of nitrogens with one attached hydrogen (secondary N) is 1. The predicted molar refractivity (Wildman–Crippen MR) is 62.2 cm³/mol. The van der Waals surface area contributed by atoms with Gasteiger partial charge in [-0.15, -0.1) is 11.3 Å². The second-order valence-corrected chi connectivity index (χ2v) is 4.35. The fourth-order valence-electron chi connectivity index (χ4n) is 1.19. The molecule has 0 aliphatic rings. The van der Waals surface area contributed by atoms with Crippen molar-refractivity contribution in [1.82, 2.24) is 10.3 Å². The number of rotatable bonds is 4. The van der Waals surface area contributed by atoms with Crippen LogP contribution in [0.5, 0.6) is 0 Å². The van der Waals surface area contributed by atoms with E-state index in [1.54, 1.807) is 6.26 Å². The molecule has 2 heterocycles. The molecule has 0 spiro atoms. The largest absolute Gasteiger partial charge is 0.443 e. The SMILES string of the molecule is CCNCc1coc(-c2sccc2Cl)n1. The van der Waals surface area contributed by atoms with Crippen molar-refractivity contribution in [1.29, 1.82) is 0 Å². The first-order chi connectivity index (χ1) is 7.31. The minimum Gasteiger partial charge on any atom is -0.443 e. The summed E-state index contributed by atoms with van der Waals surface area (Å²) in [4.78, 5) is 5.24. The molecule has 80 valence electrons. The van der Waals surface area contributed by atoms with Crippen molar-refractivity contribution in [2.24, 2.45) is 0 Å². The van der Waals surface area contributed by atoms with Crippen LogP contribution in [-0.2, 0) is 6.54 Å². The zero-order chi connectivity index (χ0) is 10.7. The molecule has 1 N–H and O–H groups in total. The number of thiophene rings is 1. The van der Waals surface area contributed by atoms with Gasteiger partial charge in [0.05, 0.1) is 10.7 Å². The van der Waals surface area contributed by atoms with E-state index in [-0.39, 0.29) is 0 Å². The van der Waals surface area contributed by atoms with E-state index in [4.69, 9.17) is 16.0 Å². The van der Waals surface area contributed by atoms with Gasteiger partial charge in [-0.25, -0.2) is 4.98 Å². The Bertz CT molecular complexity index is 438. The maximum atomic E-state index is 5.98. The van der Waals surface area contributed by atoms with Crippen molar-refractivity contribution >= 4 is 22.9 Å². The van der Waals surface area contributed by atoms with Crippen molar-refractivity contribution in [3.63, 3.8) is 0 Å². The summed E-state index contributed by atoms with van der Waals surface area (Å²) in [6.07, 6.45) is 1.66. The van der Waals surface area contributed by atoms with Crippen molar-refractivity contribution in [3.05, 3.63) is 28.4 Å². The Kier molecular flexibility index (Phi) is 3.41. The summed E-state index contributed by atoms with van der Waals surface area (Å²) in [5.41, 5.74) is 0.899. The van der Waals surface area contributed by atoms with Crippen LogP contribution in [0.3, 0.4) is 0 Å². The van der Waals surface area contributed by atoms with Gasteiger partial charge in [-0.3, -0.25) is 0 Å². The van der Waals surface area contributed by atoms with Crippen LogP contribution in [0, 0.1) is 0 Å². The highest BCUT2D eigenvalue weighted by molar-refractivity contribution is 7.14. The molecule has 3 nitrogen and oxygen atoms in total. The number of nitrogens with zero attached hydrogens (tertiary/aromatic N) is 1. The Morgan fingerprint density at radius 1 is 1.60 bits per heavy atom. The Hall–Kier alpha value is -0.840. The van der Waals surface area contributed by atoms with E-state index in [0.717, 1.165) is 23.7 Å². The van der Waals surface area contributed by atoms with Gasteiger partial charge in [-0.2, -0.15) is 0 Å². The summed E-state index contributed by atoms with van der Waals surface area (Å²) in [6, 6.07) is 1.84. The molecule has 0 saturated heterocycles. The minimum atomic E-state index is 0.600. The number of aromatic nitrogens is 1. The first kappa shape index (κ1) is 10.7. The molecule has 2 aromatic rings. The molecule has 0 bridgehead atoms. The molecule has 0 atom stereocenters. The lowest BCUT2D eigenvalue weighted by Gasteiger charge is -1.94. The molecule has 0 unspecified atom stereocenters. The third-order valence-corrected chi connectivity index (χ3v) is 3.25. The first-order valence-corrected chi connectivity index (χ1v) is 5.95. The molecule has 0 aliphatic heterocycles. The predicted octanol–water partition coefficient (Wildman–Crippen LogP) is 3.17. The first-order valence-electron chi connectivity index (χ1n) is 4.69. The summed E-state index contributed by atoms with van der Waals surface area (Å²) in [5, 5.41) is 5.80. The van der Waals surface area contributed by atoms with Gasteiger partial charge in [0, 0.05) is 6.54 Å². The van der Waals surface area contributed by atoms with Crippen molar-refractivity contribution in [2.45, 2.75) is 13.5 Å². The molecule has 0 radical (unpaired) electrons. The van der Waals surface area contributed by atoms with Crippen molar-refractivity contribution in [2.75, 3.05) is 6.54 Å². The Morgan fingerprint density at radius 2 is 2.47 bits per heavy atom. The van der Waals surface area contributed by atoms with Crippen LogP contribution >= 0.6 is 22.9 Å². The zero-order valence-corrected chi connectivity index (χ0v) is 9.86. The van der Waals surface area contributed by atoms with Crippen LogP contribution in [0.4, 0.5) is 0 Å². The summed E-state index contributed by atoms with van der Waals surface area (Å²) in [6.45, 7) is 3.70. The molecule has 0 aromatic carbocycles. The van der Waals surface area contributed by atoms with E-state index in [1.807, 2.05) is 11.4 Å². The summed E-state index contributed by atoms with van der Waals surface area (Å²) in [7, 11) is 0. The van der Waals surface area contributed by atoms with Gasteiger partial charge in [-0.05, 0) is 18.0 Å². The monoisotopic (exact) mass is 242 g/mol. The van der Waals surface area contributed by atoms with Crippen LogP contribution in [0.15, 0.2) is 22.1 Å². The van der Waals surface area contributed by atoms with Crippen LogP contribution in [-0.4, -0.2) is 11.5 Å². The lowest BCUT2D eigenvalue weighted by atomic mass is 10.4. The van der Waals surface area contributed by atoms with Gasteiger partial charge in [0.15, 0.2) is 0 Å². The summed E-state index contributed by atoms with van der Waals surface area (Å²) >= 11 is 7.51. The Labute approximate surface area is 97.1 Å². The standard InChI is InChI=1S/C10H11ClN2OS/c1-2-12-5-7-6-14-10(13-7)9-8(11)3-4-15-9/h3-4,6,12H,2,5H2,1H3. The van der Waals surface area contributed by atoms with Crippen LogP contribution < -0.4 is 5.32 Å². The number of hydrogen-bond donors (Lipinski definition) is 1. The van der Waals surface area contributed by atoms with Crippen molar-refractivity contribution in [3.8, 4) is 10.8 Å². The topological polar surface area (TPSA) is 38.1 Å². The Morgan fingerprint density at radius 3 is 3.13 bits per heavy atom.